The Morgan fingerprint density at radius 2 is 0.380 bits per heavy atom. The van der Waals surface area contributed by atoms with Crippen molar-refractivity contribution in [3.63, 3.8) is 0 Å². The highest BCUT2D eigenvalue weighted by atomic mass is 28.6. The van der Waals surface area contributed by atoms with Gasteiger partial charge in [-0.3, -0.25) is 0 Å². The summed E-state index contributed by atoms with van der Waals surface area (Å²) in [5.74, 6) is -24.4. The number of aliphatic hydroxyl groups is 7. The Balaban J connectivity index is 0.925. The zero-order chi connectivity index (χ0) is 77.6. The summed E-state index contributed by atoms with van der Waals surface area (Å²) >= 11 is 0. The molecule has 0 aromatic carbocycles. The minimum atomic E-state index is -6.42. The molecule has 0 aromatic rings. The Morgan fingerprint density at radius 1 is 0.241 bits per heavy atom. The van der Waals surface area contributed by atoms with Crippen LogP contribution in [0.25, 0.3) is 0 Å². The van der Waals surface area contributed by atoms with Crippen LogP contribution in [-0.2, 0) is 49.4 Å². The molecule has 6 saturated heterocycles. The van der Waals surface area contributed by atoms with Crippen LogP contribution in [0.2, 0.25) is 44.8 Å². The monoisotopic (exact) mass is 1730 g/mol. The first-order chi connectivity index (χ1) is 49.4. The van der Waals surface area contributed by atoms with E-state index in [4.69, 9.17) is 49.4 Å². The Kier molecular flexibility index (Phi) is 16.0. The van der Waals surface area contributed by atoms with Gasteiger partial charge in [-0.05, 0) is 224 Å². The number of unbranched alkanes of at least 4 members (excludes halogenated alkanes) is 1. The second-order valence-corrected chi connectivity index (χ2v) is 61.7. The van der Waals surface area contributed by atoms with Gasteiger partial charge >= 0.3 is 114 Å². The van der Waals surface area contributed by atoms with Gasteiger partial charge in [0, 0.05) is 44.8 Å². The van der Waals surface area contributed by atoms with E-state index in [0.29, 0.717) is 0 Å². The molecule has 6 heterocycles. The van der Waals surface area contributed by atoms with Crippen LogP contribution >= 0.6 is 0 Å². The van der Waals surface area contributed by atoms with Crippen LogP contribution in [0.5, 0.6) is 0 Å². The molecule has 48 heteroatoms. The molecule has 0 radical (unpaired) electrons. The van der Waals surface area contributed by atoms with E-state index < -0.39 is 415 Å². The van der Waals surface area contributed by atoms with Crippen molar-refractivity contribution in [1.82, 2.24) is 0 Å². The maximum atomic E-state index is 15.7. The Labute approximate surface area is 610 Å². The van der Waals surface area contributed by atoms with Crippen molar-refractivity contribution < 1.29 is 177 Å². The molecule has 108 heavy (non-hydrogen) atoms. The van der Waals surface area contributed by atoms with E-state index in [1.54, 1.807) is 6.92 Å². The molecule has 0 amide bonds. The fourth-order valence-corrected chi connectivity index (χ4v) is 83.7. The van der Waals surface area contributed by atoms with Crippen molar-refractivity contribution in [2.75, 3.05) is 0 Å². The molecule has 20 aliphatic rings. The summed E-state index contributed by atoms with van der Waals surface area (Å²) in [4.78, 5) is 0. The van der Waals surface area contributed by atoms with Gasteiger partial charge in [0.25, 0.3) is 0 Å². The average molecular weight is 1730 g/mol. The van der Waals surface area contributed by atoms with Gasteiger partial charge in [-0.25, -0.2) is 0 Å². The molecule has 20 fully saturated rings. The third-order valence-corrected chi connectivity index (χ3v) is 71.4. The van der Waals surface area contributed by atoms with E-state index in [-0.39, 0.29) is 12.8 Å². The number of fused-ring (bicyclic) bond motifs is 14. The SMILES string of the molecule is CCCC[Si]12O[Si]3(C4CC5CC4CC5(O)C(F)(F)F)O[Si]4(C5CC6CC5CC6(O)C(F)(F)F)O[Si](C5CC6CC5CC6(O)C(F)(F)F)(O1)O[Si]1(C5CC6CC5CC6(O)C(F)(F)F)O[Si](C5CC6CC5CC6(O)C(F)(F)F)(O2)O[Si](C2CC5CC2CC5(O)C(F)(F)F)(O3)O[Si](C2CC3CC2CC3(O)C(F)(F)F)(O4)O1. The molecule has 0 aromatic heterocycles. The molecule has 6 aliphatic heterocycles. The van der Waals surface area contributed by atoms with Crippen LogP contribution in [0.3, 0.4) is 0 Å². The van der Waals surface area contributed by atoms with E-state index in [2.05, 4.69) is 0 Å². The molecule has 7 N–H and O–H groups in total. The maximum absolute atomic E-state index is 15.7. The highest BCUT2D eigenvalue weighted by Gasteiger charge is 2.95. The Hall–Kier alpha value is -0.495. The van der Waals surface area contributed by atoms with Gasteiger partial charge in [-0.15, -0.1) is 0 Å². The molecule has 20 rings (SSSR count). The predicted molar refractivity (Wildman–Crippen MR) is 328 cm³/mol. The largest absolute Gasteiger partial charge is 0.482 e. The van der Waals surface area contributed by atoms with Gasteiger partial charge in [0.15, 0.2) is 39.2 Å². The van der Waals surface area contributed by atoms with Gasteiger partial charge in [0.2, 0.25) is 0 Å². The first-order valence-electron chi connectivity index (χ1n) is 37.4. The zero-order valence-electron chi connectivity index (χ0n) is 57.1. The lowest BCUT2D eigenvalue weighted by Gasteiger charge is -2.68. The summed E-state index contributed by atoms with van der Waals surface area (Å²) in [5, 5.41) is 83.5. The summed E-state index contributed by atoms with van der Waals surface area (Å²) in [6.45, 7) is 1.60. The molecule has 14 saturated carbocycles. The van der Waals surface area contributed by atoms with Gasteiger partial charge in [0.05, 0.1) is 0 Å². The van der Waals surface area contributed by atoms with Crippen LogP contribution in [-0.4, -0.2) is 189 Å². The zero-order valence-corrected chi connectivity index (χ0v) is 65.1. The molecule has 28 atom stereocenters. The first-order valence-corrected chi connectivity index (χ1v) is 51.9. The van der Waals surface area contributed by atoms with Gasteiger partial charge in [-0.2, -0.15) is 92.2 Å². The molecule has 22 bridgehead atoms. The number of hydrogen-bond acceptors (Lipinski definition) is 19. The first kappa shape index (κ1) is 77.4. The van der Waals surface area contributed by atoms with Crippen LogP contribution in [0.4, 0.5) is 92.2 Å². The van der Waals surface area contributed by atoms with Crippen molar-refractivity contribution in [3.05, 3.63) is 0 Å². The summed E-state index contributed by atoms with van der Waals surface area (Å²) in [5.41, 5.74) is -37.5. The summed E-state index contributed by atoms with van der Waals surface area (Å²) in [6.07, 6.45) is -57.4. The van der Waals surface area contributed by atoms with E-state index in [9.17, 15) is 35.7 Å². The molecular formula is C60H79F21O19Si8. The number of halogens is 21. The lowest BCUT2D eigenvalue weighted by Crippen LogP contribution is -2.91. The molecule has 14 aliphatic carbocycles. The summed E-state index contributed by atoms with van der Waals surface area (Å²) in [7, 11) is -49.9. The van der Waals surface area contributed by atoms with Gasteiger partial charge in [-0.1, -0.05) is 13.3 Å². The average Bonchev–Trinajstić information content (AvgIpc) is 1.26. The lowest BCUT2D eigenvalue weighted by atomic mass is 9.83. The number of hydrogen-bond donors (Lipinski definition) is 7. The summed E-state index contributed by atoms with van der Waals surface area (Å²) < 4.78 is 426. The fourth-order valence-electron chi connectivity index (χ4n) is 26.7. The normalized spacial score (nSPS) is 59.2. The fraction of sp³-hybridized carbons (Fsp3) is 1.00. The Bertz CT molecular complexity index is 3390. The smallest absolute Gasteiger partial charge is 0.380 e. The lowest BCUT2D eigenvalue weighted by molar-refractivity contribution is -0.278. The second-order valence-electron chi connectivity index (χ2n) is 36.4. The molecule has 19 nitrogen and oxygen atoms in total. The maximum Gasteiger partial charge on any atom is 0.482 e. The third-order valence-electron chi connectivity index (χ3n) is 31.5. The molecule has 0 spiro atoms. The minimum Gasteiger partial charge on any atom is -0.380 e. The van der Waals surface area contributed by atoms with Crippen molar-refractivity contribution >= 4 is 70.4 Å². The van der Waals surface area contributed by atoms with Gasteiger partial charge in [0.1, 0.15) is 0 Å². The molecule has 28 unspecified atom stereocenters. The minimum absolute atomic E-state index is 0.0557. The molecule has 612 valence electrons. The van der Waals surface area contributed by atoms with Crippen molar-refractivity contribution in [1.29, 1.82) is 0 Å². The molecular weight excluding hydrogens is 1650 g/mol. The highest BCUT2D eigenvalue weighted by molar-refractivity contribution is 7.04. The third kappa shape index (κ3) is 9.82. The highest BCUT2D eigenvalue weighted by Crippen LogP contribution is 2.79. The standard InChI is InChI=1S/C60H79F21O19Si8/c1-2-3-4-101-89-102(40-12-33-5-26(40)19-47(33,82)54(61,62)63)92-105(43-15-36-8-29(43)22-50(36,85)57(70,71)72)94-103(90-101,41-13-34-6-27(41)20-48(34,83)55(64,65)66)96-107(45-17-38-10-31(45)24-52(38,87)59(76,77)78)97-104(91-101,42-14-35-7-28(42)21-49(35,84)56(67,68)69)95-106(93-102,44-16-37-9-30(44)23-51(37,86)58(73,74)75)99-108(98-105,100-107)46-18-39-11-32(46)25-53(39,88)60(79,80)81/h26-46,82-88H,2-25H2,1H3. The number of rotatable bonds is 10. The van der Waals surface area contributed by atoms with E-state index >= 15 is 92.2 Å². The predicted octanol–water partition coefficient (Wildman–Crippen LogP) is 12.2. The van der Waals surface area contributed by atoms with Crippen molar-refractivity contribution in [2.45, 2.75) is 282 Å². The second kappa shape index (κ2) is 22.3. The summed E-state index contributed by atoms with van der Waals surface area (Å²) in [6, 6.07) is -0.653. The Morgan fingerprint density at radius 3 is 0.491 bits per heavy atom. The van der Waals surface area contributed by atoms with E-state index in [1.165, 1.54) is 0 Å². The van der Waals surface area contributed by atoms with E-state index in [1.807, 2.05) is 0 Å². The van der Waals surface area contributed by atoms with Crippen molar-refractivity contribution in [2.24, 2.45) is 82.9 Å². The van der Waals surface area contributed by atoms with E-state index in [0.717, 1.165) is 0 Å². The van der Waals surface area contributed by atoms with Crippen LogP contribution < -0.4 is 0 Å². The number of alkyl halides is 21. The quantitative estimate of drug-likeness (QED) is 0.0793. The topological polar surface area (TPSA) is 252 Å². The van der Waals surface area contributed by atoms with Crippen molar-refractivity contribution in [3.8, 4) is 0 Å². The van der Waals surface area contributed by atoms with Crippen LogP contribution in [0.1, 0.15) is 155 Å². The van der Waals surface area contributed by atoms with Gasteiger partial charge < -0.3 is 85.1 Å². The van der Waals surface area contributed by atoms with Crippen LogP contribution in [0, 0.1) is 82.9 Å². The van der Waals surface area contributed by atoms with Crippen LogP contribution in [0.15, 0.2) is 0 Å².